The van der Waals surface area contributed by atoms with Crippen molar-refractivity contribution in [3.05, 3.63) is 52.7 Å². The molecule has 0 fully saturated rings. The average molecular weight is 713 g/mol. The van der Waals surface area contributed by atoms with E-state index in [2.05, 4.69) is 45.2 Å². The molecule has 0 saturated carbocycles. The van der Waals surface area contributed by atoms with Crippen LogP contribution in [0.1, 0.15) is 10.4 Å². The minimum atomic E-state index is -4.57. The Morgan fingerprint density at radius 3 is 2.12 bits per heavy atom. The van der Waals surface area contributed by atoms with Crippen molar-refractivity contribution in [1.82, 2.24) is 0 Å². The first kappa shape index (κ1) is 21.8. The summed E-state index contributed by atoms with van der Waals surface area (Å²) in [6.45, 7) is -0.612. The highest BCUT2D eigenvalue weighted by atomic mass is 127. The fourth-order valence-corrected chi connectivity index (χ4v) is 4.40. The summed E-state index contributed by atoms with van der Waals surface area (Å²) in [6, 6.07) is 7.85. The molecule has 0 aliphatic heterocycles. The zero-order chi connectivity index (χ0) is 19.5. The number of ether oxygens (including phenoxy) is 2. The molecule has 0 amide bonds. The van der Waals surface area contributed by atoms with E-state index in [9.17, 15) is 22.6 Å². The van der Waals surface area contributed by atoms with Crippen LogP contribution in [0.15, 0.2) is 41.3 Å². The smallest absolute Gasteiger partial charge is 0.349 e. The molecule has 2 aromatic rings. The molecule has 0 spiro atoms. The van der Waals surface area contributed by atoms with Crippen LogP contribution in [0.2, 0.25) is 0 Å². The van der Waals surface area contributed by atoms with Crippen LogP contribution in [0.25, 0.3) is 0 Å². The van der Waals surface area contributed by atoms with E-state index in [1.807, 2.05) is 28.7 Å². The Bertz CT molecular complexity index is 956. The molecular weight excluding hydrogens is 705 g/mol. The predicted octanol–water partition coefficient (Wildman–Crippen LogP) is 3.17. The molecule has 26 heavy (non-hydrogen) atoms. The van der Waals surface area contributed by atoms with Gasteiger partial charge in [0.2, 0.25) is 0 Å². The van der Waals surface area contributed by atoms with E-state index in [-0.39, 0.29) is 5.75 Å². The summed E-state index contributed by atoms with van der Waals surface area (Å²) in [5.41, 5.74) is 0.341. The summed E-state index contributed by atoms with van der Waals surface area (Å²) in [5.74, 6) is -1.48. The molecular formula is C15H8I3O7S-. The second-order valence-electron chi connectivity index (χ2n) is 4.72. The first-order chi connectivity index (χ1) is 12.1. The number of hydrogen-bond acceptors (Lipinski definition) is 7. The van der Waals surface area contributed by atoms with Crippen molar-refractivity contribution < 1.29 is 32.0 Å². The molecule has 0 aromatic heterocycles. The molecule has 0 bridgehead atoms. The van der Waals surface area contributed by atoms with E-state index in [0.29, 0.717) is 9.13 Å². The molecule has 7 nitrogen and oxygen atoms in total. The van der Waals surface area contributed by atoms with E-state index in [1.165, 1.54) is 0 Å². The summed E-state index contributed by atoms with van der Waals surface area (Å²) in [6.07, 6.45) is 0. The van der Waals surface area contributed by atoms with E-state index in [0.717, 1.165) is 31.4 Å². The van der Waals surface area contributed by atoms with E-state index in [4.69, 9.17) is 9.47 Å². The highest BCUT2D eigenvalue weighted by Gasteiger charge is 2.16. The molecule has 0 N–H and O–H groups in total. The summed E-state index contributed by atoms with van der Waals surface area (Å²) in [5, 5.41) is 0. The lowest BCUT2D eigenvalue weighted by atomic mass is 10.2. The molecule has 0 aliphatic carbocycles. The number of hydrogen-bond donors (Lipinski definition) is 0. The quantitative estimate of drug-likeness (QED) is 0.154. The van der Waals surface area contributed by atoms with E-state index in [1.54, 1.807) is 6.07 Å². The van der Waals surface area contributed by atoms with E-state index < -0.39 is 33.6 Å². The van der Waals surface area contributed by atoms with Crippen LogP contribution in [0.4, 0.5) is 0 Å². The summed E-state index contributed by atoms with van der Waals surface area (Å²) in [4.78, 5) is 23.4. The summed E-state index contributed by atoms with van der Waals surface area (Å²) in [7, 11) is -4.57. The van der Waals surface area contributed by atoms with Gasteiger partial charge in [0.15, 0.2) is 6.61 Å². The van der Waals surface area contributed by atoms with E-state index >= 15 is 0 Å². The topological polar surface area (TPSA) is 110 Å². The van der Waals surface area contributed by atoms with Crippen LogP contribution >= 0.6 is 67.8 Å². The predicted molar refractivity (Wildman–Crippen MR) is 115 cm³/mol. The standard InChI is InChI=1S/C15H9I3O7S/c16-11-6-13(18)12(17)5-10(11)15(20)24-7-14(19)25-8-1-3-9(4-2-8)26(21,22)23/h1-6H,7H2,(H,21,22,23)/p-1. The molecule has 2 aromatic carbocycles. The van der Waals surface area contributed by atoms with Crippen molar-refractivity contribution in [3.8, 4) is 5.75 Å². The molecule has 2 rings (SSSR count). The first-order valence-corrected chi connectivity index (χ1v) is 11.3. The maximum atomic E-state index is 12.1. The molecule has 0 radical (unpaired) electrons. The zero-order valence-electron chi connectivity index (χ0n) is 12.6. The van der Waals surface area contributed by atoms with Crippen LogP contribution in [-0.4, -0.2) is 31.5 Å². The van der Waals surface area contributed by atoms with Crippen LogP contribution in [0.3, 0.4) is 0 Å². The molecule has 0 aliphatic rings. The Balaban J connectivity index is 1.96. The van der Waals surface area contributed by atoms with Gasteiger partial charge in [-0.2, -0.15) is 0 Å². The van der Waals surface area contributed by atoms with Crippen molar-refractivity contribution >= 4 is 89.8 Å². The fourth-order valence-electron chi connectivity index (χ4n) is 1.72. The van der Waals surface area contributed by atoms with Crippen molar-refractivity contribution in [3.63, 3.8) is 0 Å². The third-order valence-corrected chi connectivity index (χ3v) is 7.45. The second kappa shape index (κ2) is 9.11. The molecule has 11 heteroatoms. The molecule has 138 valence electrons. The number of esters is 2. The van der Waals surface area contributed by atoms with Gasteiger partial charge in [0.05, 0.1) is 10.5 Å². The maximum absolute atomic E-state index is 12.1. The number of carbonyl (C=O) groups is 2. The minimum absolute atomic E-state index is 0.0249. The van der Waals surface area contributed by atoms with Gasteiger partial charge in [0.25, 0.3) is 0 Å². The lowest BCUT2D eigenvalue weighted by Gasteiger charge is -2.09. The van der Waals surface area contributed by atoms with Gasteiger partial charge in [-0.25, -0.2) is 18.0 Å². The van der Waals surface area contributed by atoms with Gasteiger partial charge >= 0.3 is 11.9 Å². The monoisotopic (exact) mass is 713 g/mol. The molecule has 0 unspecified atom stereocenters. The zero-order valence-corrected chi connectivity index (χ0v) is 19.9. The van der Waals surface area contributed by atoms with Crippen molar-refractivity contribution in [2.24, 2.45) is 0 Å². The fraction of sp³-hybridized carbons (Fsp3) is 0.0667. The van der Waals surface area contributed by atoms with Crippen LogP contribution < -0.4 is 4.74 Å². The van der Waals surface area contributed by atoms with Gasteiger partial charge in [-0.1, -0.05) is 0 Å². The average Bonchev–Trinajstić information content (AvgIpc) is 2.55. The van der Waals surface area contributed by atoms with Gasteiger partial charge in [-0.15, -0.1) is 0 Å². The van der Waals surface area contributed by atoms with Gasteiger partial charge in [0, 0.05) is 10.7 Å². The Labute approximate surface area is 190 Å². The Hall–Kier alpha value is -0.520. The third kappa shape index (κ3) is 6.00. The summed E-state index contributed by atoms with van der Waals surface area (Å²) < 4.78 is 44.9. The SMILES string of the molecule is O=C(COC(=O)c1cc(I)c(I)cc1I)Oc1ccc(S(=O)(=O)[O-])cc1. The van der Waals surface area contributed by atoms with Gasteiger partial charge in [-0.05, 0) is 104 Å². The molecule has 0 atom stereocenters. The Kier molecular flexibility index (Phi) is 7.63. The highest BCUT2D eigenvalue weighted by molar-refractivity contribution is 14.1. The maximum Gasteiger partial charge on any atom is 0.349 e. The number of halogens is 3. The third-order valence-electron chi connectivity index (χ3n) is 2.90. The normalized spacial score (nSPS) is 11.1. The minimum Gasteiger partial charge on any atom is -0.744 e. The lowest BCUT2D eigenvalue weighted by molar-refractivity contribution is -0.137. The largest absolute Gasteiger partial charge is 0.744 e. The van der Waals surface area contributed by atoms with Crippen LogP contribution in [0, 0.1) is 10.7 Å². The Morgan fingerprint density at radius 2 is 1.54 bits per heavy atom. The van der Waals surface area contributed by atoms with Crippen LogP contribution in [-0.2, 0) is 19.6 Å². The van der Waals surface area contributed by atoms with Gasteiger partial charge in [0.1, 0.15) is 15.9 Å². The second-order valence-corrected chi connectivity index (χ2v) is 9.59. The first-order valence-electron chi connectivity index (χ1n) is 6.66. The van der Waals surface area contributed by atoms with Crippen molar-refractivity contribution in [2.45, 2.75) is 4.90 Å². The Morgan fingerprint density at radius 1 is 0.962 bits per heavy atom. The summed E-state index contributed by atoms with van der Waals surface area (Å²) >= 11 is 6.24. The lowest BCUT2D eigenvalue weighted by Crippen LogP contribution is -2.19. The molecule has 0 heterocycles. The number of benzene rings is 2. The van der Waals surface area contributed by atoms with Gasteiger partial charge < -0.3 is 14.0 Å². The molecule has 0 saturated heterocycles. The van der Waals surface area contributed by atoms with Crippen LogP contribution in [0.5, 0.6) is 5.75 Å². The number of carbonyl (C=O) groups excluding carboxylic acids is 2. The number of rotatable bonds is 5. The van der Waals surface area contributed by atoms with Gasteiger partial charge in [-0.3, -0.25) is 0 Å². The highest BCUT2D eigenvalue weighted by Crippen LogP contribution is 2.23. The van der Waals surface area contributed by atoms with Crippen molar-refractivity contribution in [1.29, 1.82) is 0 Å². The van der Waals surface area contributed by atoms with Crippen molar-refractivity contribution in [2.75, 3.05) is 6.61 Å².